The van der Waals surface area contributed by atoms with E-state index in [1.165, 1.54) is 0 Å². The molecular weight excluding hydrogens is 424 g/mol. The van der Waals surface area contributed by atoms with Gasteiger partial charge in [0.05, 0.1) is 25.4 Å². The molecule has 0 spiro atoms. The maximum absolute atomic E-state index is 12.5. The highest BCUT2D eigenvalue weighted by atomic mass is 32.2. The fraction of sp³-hybridized carbons (Fsp3) is 0.417. The highest BCUT2D eigenvalue weighted by molar-refractivity contribution is 7.98. The molecule has 0 bridgehead atoms. The quantitative estimate of drug-likeness (QED) is 0.533. The van der Waals surface area contributed by atoms with Crippen LogP contribution in [0, 0.1) is 0 Å². The van der Waals surface area contributed by atoms with E-state index in [9.17, 15) is 9.59 Å². The van der Waals surface area contributed by atoms with Gasteiger partial charge in [0.1, 0.15) is 0 Å². The van der Waals surface area contributed by atoms with Gasteiger partial charge in [-0.05, 0) is 49.2 Å². The zero-order chi connectivity index (χ0) is 22.8. The van der Waals surface area contributed by atoms with Crippen LogP contribution in [-0.2, 0) is 14.3 Å². The predicted octanol–water partition coefficient (Wildman–Crippen LogP) is 3.53. The van der Waals surface area contributed by atoms with E-state index in [0.29, 0.717) is 19.5 Å². The number of hydrogen-bond acceptors (Lipinski definition) is 6. The Bertz CT molecular complexity index is 885. The molecule has 3 rings (SSSR count). The number of ether oxygens (including phenoxy) is 1. The van der Waals surface area contributed by atoms with Gasteiger partial charge in [-0.25, -0.2) is 0 Å². The third-order valence-electron chi connectivity index (χ3n) is 5.38. The Hall–Kier alpha value is -2.55. The van der Waals surface area contributed by atoms with Gasteiger partial charge >= 0.3 is 0 Å². The van der Waals surface area contributed by atoms with Gasteiger partial charge in [0.25, 0.3) is 0 Å². The van der Waals surface area contributed by atoms with Gasteiger partial charge in [-0.15, -0.1) is 11.8 Å². The van der Waals surface area contributed by atoms with E-state index >= 15 is 0 Å². The molecule has 1 heterocycles. The van der Waals surface area contributed by atoms with Crippen LogP contribution in [0.15, 0.2) is 53.4 Å². The van der Waals surface area contributed by atoms with Crippen LogP contribution in [0.2, 0.25) is 0 Å². The molecule has 2 amide bonds. The van der Waals surface area contributed by atoms with Gasteiger partial charge in [0.15, 0.2) is 0 Å². The highest BCUT2D eigenvalue weighted by Gasteiger charge is 2.14. The van der Waals surface area contributed by atoms with Gasteiger partial charge in [0, 0.05) is 42.3 Å². The Kier molecular flexibility index (Phi) is 9.40. The molecule has 172 valence electrons. The summed E-state index contributed by atoms with van der Waals surface area (Å²) in [7, 11) is 0. The van der Waals surface area contributed by atoms with Crippen LogP contribution < -0.4 is 15.5 Å². The van der Waals surface area contributed by atoms with Crippen molar-refractivity contribution < 1.29 is 14.3 Å². The number of carbonyl (C=O) groups excluding carboxylic acids is 2. The summed E-state index contributed by atoms with van der Waals surface area (Å²) < 4.78 is 5.39. The molecule has 1 aliphatic heterocycles. The Morgan fingerprint density at radius 1 is 1.03 bits per heavy atom. The van der Waals surface area contributed by atoms with Crippen molar-refractivity contribution in [1.82, 2.24) is 4.90 Å². The SMILES string of the molecule is CCN(CCC(=O)Nc1ccccc1SC)CC(=O)Nc1ccc(N2CCOCC2)cc1. The molecule has 0 atom stereocenters. The van der Waals surface area contributed by atoms with Crippen molar-refractivity contribution in [1.29, 1.82) is 0 Å². The summed E-state index contributed by atoms with van der Waals surface area (Å²) in [6.07, 6.45) is 2.32. The molecule has 0 radical (unpaired) electrons. The minimum Gasteiger partial charge on any atom is -0.378 e. The second kappa shape index (κ2) is 12.5. The lowest BCUT2D eigenvalue weighted by atomic mass is 10.2. The number of nitrogens with zero attached hydrogens (tertiary/aromatic N) is 2. The van der Waals surface area contributed by atoms with Gasteiger partial charge in [0.2, 0.25) is 11.8 Å². The Morgan fingerprint density at radius 3 is 2.44 bits per heavy atom. The van der Waals surface area contributed by atoms with Crippen molar-refractivity contribution in [2.24, 2.45) is 0 Å². The van der Waals surface area contributed by atoms with Gasteiger partial charge < -0.3 is 20.3 Å². The maximum Gasteiger partial charge on any atom is 0.238 e. The molecule has 1 saturated heterocycles. The number of rotatable bonds is 10. The predicted molar refractivity (Wildman–Crippen MR) is 132 cm³/mol. The average molecular weight is 457 g/mol. The largest absolute Gasteiger partial charge is 0.378 e. The maximum atomic E-state index is 12.5. The van der Waals surface area contributed by atoms with Crippen LogP contribution in [0.5, 0.6) is 0 Å². The smallest absolute Gasteiger partial charge is 0.238 e. The summed E-state index contributed by atoms with van der Waals surface area (Å²) in [5.41, 5.74) is 2.73. The third kappa shape index (κ3) is 7.25. The number of benzene rings is 2. The first-order chi connectivity index (χ1) is 15.6. The lowest BCUT2D eigenvalue weighted by molar-refractivity contribution is -0.119. The topological polar surface area (TPSA) is 73.9 Å². The Labute approximate surface area is 194 Å². The standard InChI is InChI=1S/C24H32N4O3S/c1-3-27(13-12-23(29)26-21-6-4-5-7-22(21)32-2)18-24(30)25-19-8-10-20(11-9-19)28-14-16-31-17-15-28/h4-11H,3,12-18H2,1-2H3,(H,25,30)(H,26,29). The van der Waals surface area contributed by atoms with Gasteiger partial charge in [-0.3, -0.25) is 14.5 Å². The number of amides is 2. The number of likely N-dealkylation sites (N-methyl/N-ethyl adjacent to an activating group) is 1. The minimum atomic E-state index is -0.0842. The second-order valence-corrected chi connectivity index (χ2v) is 8.41. The summed E-state index contributed by atoms with van der Waals surface area (Å²) in [4.78, 5) is 30.2. The van der Waals surface area contributed by atoms with E-state index in [2.05, 4.69) is 15.5 Å². The monoisotopic (exact) mass is 456 g/mol. The van der Waals surface area contributed by atoms with Crippen molar-refractivity contribution in [3.05, 3.63) is 48.5 Å². The van der Waals surface area contributed by atoms with Crippen LogP contribution in [0.1, 0.15) is 13.3 Å². The minimum absolute atomic E-state index is 0.0518. The number of thioether (sulfide) groups is 1. The molecule has 7 nitrogen and oxygen atoms in total. The van der Waals surface area contributed by atoms with Gasteiger partial charge in [-0.1, -0.05) is 19.1 Å². The first kappa shape index (κ1) is 24.1. The normalized spacial score (nSPS) is 13.8. The number of morpholine rings is 1. The summed E-state index contributed by atoms with van der Waals surface area (Å²) in [6.45, 7) is 6.70. The fourth-order valence-electron chi connectivity index (χ4n) is 3.55. The number of hydrogen-bond donors (Lipinski definition) is 2. The summed E-state index contributed by atoms with van der Waals surface area (Å²) in [6, 6.07) is 15.6. The molecule has 8 heteroatoms. The Morgan fingerprint density at radius 2 is 1.75 bits per heavy atom. The van der Waals surface area contributed by atoms with Crippen molar-refractivity contribution in [3.63, 3.8) is 0 Å². The van der Waals surface area contributed by atoms with E-state index in [1.807, 2.05) is 66.6 Å². The highest BCUT2D eigenvalue weighted by Crippen LogP contribution is 2.24. The zero-order valence-corrected chi connectivity index (χ0v) is 19.6. The second-order valence-electron chi connectivity index (χ2n) is 7.56. The molecule has 2 aromatic carbocycles. The van der Waals surface area contributed by atoms with Crippen molar-refractivity contribution in [3.8, 4) is 0 Å². The molecule has 1 aliphatic rings. The summed E-state index contributed by atoms with van der Waals surface area (Å²) in [5, 5.41) is 5.92. The van der Waals surface area contributed by atoms with Crippen molar-refractivity contribution >= 4 is 40.6 Å². The van der Waals surface area contributed by atoms with E-state index in [-0.39, 0.29) is 18.4 Å². The summed E-state index contributed by atoms with van der Waals surface area (Å²) >= 11 is 1.60. The fourth-order valence-corrected chi connectivity index (χ4v) is 4.10. The number of anilines is 3. The molecule has 0 aromatic heterocycles. The third-order valence-corrected chi connectivity index (χ3v) is 6.17. The van der Waals surface area contributed by atoms with Crippen LogP contribution in [0.25, 0.3) is 0 Å². The number of para-hydroxylation sites is 1. The van der Waals surface area contributed by atoms with Crippen LogP contribution in [-0.4, -0.2) is 68.9 Å². The zero-order valence-electron chi connectivity index (χ0n) is 18.8. The molecule has 2 N–H and O–H groups in total. The van der Waals surface area contributed by atoms with Crippen LogP contribution in [0.3, 0.4) is 0 Å². The molecule has 1 fully saturated rings. The van der Waals surface area contributed by atoms with Gasteiger partial charge in [-0.2, -0.15) is 0 Å². The molecule has 0 unspecified atom stereocenters. The van der Waals surface area contributed by atoms with E-state index < -0.39 is 0 Å². The number of nitrogens with one attached hydrogen (secondary N) is 2. The Balaban J connectivity index is 1.44. The first-order valence-electron chi connectivity index (χ1n) is 11.0. The molecule has 2 aromatic rings. The summed E-state index contributed by atoms with van der Waals surface area (Å²) in [5.74, 6) is -0.136. The lowest BCUT2D eigenvalue weighted by Crippen LogP contribution is -2.36. The molecule has 32 heavy (non-hydrogen) atoms. The first-order valence-corrected chi connectivity index (χ1v) is 12.2. The lowest BCUT2D eigenvalue weighted by Gasteiger charge is -2.29. The molecule has 0 aliphatic carbocycles. The molecule has 0 saturated carbocycles. The molecular formula is C24H32N4O3S. The van der Waals surface area contributed by atoms with Crippen molar-refractivity contribution in [2.45, 2.75) is 18.2 Å². The van der Waals surface area contributed by atoms with Crippen LogP contribution in [0.4, 0.5) is 17.1 Å². The van der Waals surface area contributed by atoms with Crippen molar-refractivity contribution in [2.75, 3.05) is 67.7 Å². The number of carbonyl (C=O) groups is 2. The average Bonchev–Trinajstić information content (AvgIpc) is 2.83. The van der Waals surface area contributed by atoms with E-state index in [4.69, 9.17) is 4.74 Å². The van der Waals surface area contributed by atoms with E-state index in [0.717, 1.165) is 48.3 Å². The van der Waals surface area contributed by atoms with E-state index in [1.54, 1.807) is 11.8 Å². The van der Waals surface area contributed by atoms with Crippen LogP contribution >= 0.6 is 11.8 Å².